The number of hydrogen-bond acceptors (Lipinski definition) is 7. The molecule has 11 nitrogen and oxygen atoms in total. The fourth-order valence-corrected chi connectivity index (χ4v) is 6.16. The predicted molar refractivity (Wildman–Crippen MR) is 146 cm³/mol. The van der Waals surface area contributed by atoms with Crippen molar-refractivity contribution in [3.8, 4) is 17.1 Å². The minimum Gasteiger partial charge on any atom is -0.495 e. The number of fused-ring (bicyclic) bond motifs is 1. The van der Waals surface area contributed by atoms with Crippen molar-refractivity contribution >= 4 is 38.5 Å². The number of sulfonamides is 1. The van der Waals surface area contributed by atoms with Gasteiger partial charge in [0.2, 0.25) is 10.0 Å². The maximum absolute atomic E-state index is 13.3. The number of anilines is 1. The lowest BCUT2D eigenvalue weighted by Crippen LogP contribution is -2.48. The van der Waals surface area contributed by atoms with E-state index in [0.29, 0.717) is 61.3 Å². The number of aromatic amines is 2. The first kappa shape index (κ1) is 26.0. The van der Waals surface area contributed by atoms with E-state index in [1.807, 2.05) is 19.1 Å². The third kappa shape index (κ3) is 4.70. The highest BCUT2D eigenvalue weighted by atomic mass is 35.5. The standard InChI is InChI=1S/C25H27ClN6O5S/c1-3-10-32-24(33)21-23(29-25(32)34)28-22(27-21)16-4-7-18(8-5-16)38(35,36)31-13-11-30(12-14-31)17-6-9-19(26)20(15-17)37-2/h4-9,15H,3,10-14H2,1-2H3,(H,27,28)(H,29,34). The molecule has 4 aromatic rings. The molecule has 5 rings (SSSR count). The van der Waals surface area contributed by atoms with E-state index in [1.54, 1.807) is 25.3 Å². The molecule has 1 aliphatic rings. The van der Waals surface area contributed by atoms with Crippen molar-refractivity contribution in [3.63, 3.8) is 0 Å². The maximum atomic E-state index is 13.3. The molecule has 0 spiro atoms. The van der Waals surface area contributed by atoms with Gasteiger partial charge >= 0.3 is 5.69 Å². The first-order chi connectivity index (χ1) is 18.2. The Morgan fingerprint density at radius 3 is 2.39 bits per heavy atom. The molecule has 0 radical (unpaired) electrons. The molecule has 0 unspecified atom stereocenters. The summed E-state index contributed by atoms with van der Waals surface area (Å²) in [5.41, 5.74) is 0.903. The van der Waals surface area contributed by atoms with E-state index in [4.69, 9.17) is 16.3 Å². The molecule has 200 valence electrons. The summed E-state index contributed by atoms with van der Waals surface area (Å²) in [7, 11) is -2.15. The van der Waals surface area contributed by atoms with Crippen LogP contribution in [0.3, 0.4) is 0 Å². The third-order valence-electron chi connectivity index (χ3n) is 6.58. The number of nitrogens with zero attached hydrogens (tertiary/aromatic N) is 4. The van der Waals surface area contributed by atoms with Crippen molar-refractivity contribution in [2.75, 3.05) is 38.2 Å². The van der Waals surface area contributed by atoms with E-state index >= 15 is 0 Å². The zero-order valence-corrected chi connectivity index (χ0v) is 22.5. The molecule has 0 bridgehead atoms. The Labute approximate surface area is 223 Å². The highest BCUT2D eigenvalue weighted by Crippen LogP contribution is 2.30. The fourth-order valence-electron chi connectivity index (χ4n) is 4.54. The molecule has 3 heterocycles. The number of methoxy groups -OCH3 is 1. The van der Waals surface area contributed by atoms with Crippen LogP contribution in [0.5, 0.6) is 5.75 Å². The van der Waals surface area contributed by atoms with Crippen LogP contribution in [-0.4, -0.2) is 65.5 Å². The van der Waals surface area contributed by atoms with Gasteiger partial charge in [-0.15, -0.1) is 0 Å². The monoisotopic (exact) mass is 558 g/mol. The summed E-state index contributed by atoms with van der Waals surface area (Å²) < 4.78 is 34.5. The van der Waals surface area contributed by atoms with Crippen molar-refractivity contribution < 1.29 is 13.2 Å². The van der Waals surface area contributed by atoms with Gasteiger partial charge < -0.3 is 14.6 Å². The predicted octanol–water partition coefficient (Wildman–Crippen LogP) is 2.66. The van der Waals surface area contributed by atoms with Crippen molar-refractivity contribution in [2.45, 2.75) is 24.8 Å². The summed E-state index contributed by atoms with van der Waals surface area (Å²) in [5.74, 6) is 0.930. The number of imidazole rings is 1. The number of piperazine rings is 1. The number of nitrogens with one attached hydrogen (secondary N) is 2. The van der Waals surface area contributed by atoms with E-state index in [9.17, 15) is 18.0 Å². The minimum absolute atomic E-state index is 0.162. The Hall–Kier alpha value is -3.61. The van der Waals surface area contributed by atoms with Crippen molar-refractivity contribution in [2.24, 2.45) is 0 Å². The lowest BCUT2D eigenvalue weighted by Gasteiger charge is -2.35. The molecule has 2 aromatic carbocycles. The Kier molecular flexibility index (Phi) is 7.03. The summed E-state index contributed by atoms with van der Waals surface area (Å²) in [4.78, 5) is 37.1. The van der Waals surface area contributed by atoms with E-state index in [2.05, 4.69) is 19.9 Å². The zero-order chi connectivity index (χ0) is 27.0. The summed E-state index contributed by atoms with van der Waals surface area (Å²) in [6, 6.07) is 11.8. The van der Waals surface area contributed by atoms with Crippen LogP contribution in [0.15, 0.2) is 56.9 Å². The van der Waals surface area contributed by atoms with Gasteiger partial charge in [-0.25, -0.2) is 18.2 Å². The molecular weight excluding hydrogens is 532 g/mol. The van der Waals surface area contributed by atoms with Crippen LogP contribution < -0.4 is 20.9 Å². The second-order valence-electron chi connectivity index (χ2n) is 8.93. The Morgan fingerprint density at radius 2 is 1.74 bits per heavy atom. The average molecular weight is 559 g/mol. The van der Waals surface area contributed by atoms with Crippen molar-refractivity contribution in [1.29, 1.82) is 0 Å². The summed E-state index contributed by atoms with van der Waals surface area (Å²) in [6.07, 6.45) is 0.635. The van der Waals surface area contributed by atoms with Crippen LogP contribution in [0.25, 0.3) is 22.6 Å². The van der Waals surface area contributed by atoms with Gasteiger partial charge in [0.05, 0.1) is 17.0 Å². The molecule has 13 heteroatoms. The number of ether oxygens (including phenoxy) is 1. The van der Waals surface area contributed by atoms with Crippen LogP contribution in [-0.2, 0) is 16.6 Å². The van der Waals surface area contributed by atoms with Crippen molar-refractivity contribution in [3.05, 3.63) is 68.3 Å². The van der Waals surface area contributed by atoms with Gasteiger partial charge in [-0.2, -0.15) is 4.31 Å². The van der Waals surface area contributed by atoms with Crippen LogP contribution >= 0.6 is 11.6 Å². The van der Waals surface area contributed by atoms with Gasteiger partial charge in [0.1, 0.15) is 17.1 Å². The average Bonchev–Trinajstić information content (AvgIpc) is 3.36. The molecular formula is C25H27ClN6O5S. The van der Waals surface area contributed by atoms with Gasteiger partial charge in [-0.1, -0.05) is 18.5 Å². The quantitative estimate of drug-likeness (QED) is 0.356. The fraction of sp³-hybridized carbons (Fsp3) is 0.320. The van der Waals surface area contributed by atoms with E-state index in [-0.39, 0.29) is 16.1 Å². The summed E-state index contributed by atoms with van der Waals surface area (Å²) in [5, 5.41) is 0.519. The number of aromatic nitrogens is 4. The van der Waals surface area contributed by atoms with Crippen molar-refractivity contribution in [1.82, 2.24) is 23.8 Å². The Bertz CT molecular complexity index is 1700. The maximum Gasteiger partial charge on any atom is 0.330 e. The van der Waals surface area contributed by atoms with Gasteiger partial charge in [0.25, 0.3) is 5.56 Å². The first-order valence-electron chi connectivity index (χ1n) is 12.1. The second-order valence-corrected chi connectivity index (χ2v) is 11.3. The first-order valence-corrected chi connectivity index (χ1v) is 14.0. The lowest BCUT2D eigenvalue weighted by molar-refractivity contribution is 0.384. The third-order valence-corrected chi connectivity index (χ3v) is 8.81. The second kappa shape index (κ2) is 10.3. The highest BCUT2D eigenvalue weighted by Gasteiger charge is 2.29. The molecule has 2 aromatic heterocycles. The van der Waals surface area contributed by atoms with Crippen LogP contribution in [0.2, 0.25) is 5.02 Å². The molecule has 0 saturated carbocycles. The highest BCUT2D eigenvalue weighted by molar-refractivity contribution is 7.89. The summed E-state index contributed by atoms with van der Waals surface area (Å²) >= 11 is 6.12. The molecule has 2 N–H and O–H groups in total. The van der Waals surface area contributed by atoms with Crippen LogP contribution in [0, 0.1) is 0 Å². The molecule has 0 atom stereocenters. The molecule has 0 amide bonds. The number of rotatable bonds is 7. The van der Waals surface area contributed by atoms with Gasteiger partial charge in [-0.05, 0) is 42.8 Å². The normalized spacial score (nSPS) is 14.8. The zero-order valence-electron chi connectivity index (χ0n) is 20.9. The van der Waals surface area contributed by atoms with Gasteiger partial charge in [0, 0.05) is 50.0 Å². The number of halogens is 1. The molecule has 1 aliphatic heterocycles. The van der Waals surface area contributed by atoms with Crippen LogP contribution in [0.1, 0.15) is 13.3 Å². The molecule has 1 fully saturated rings. The number of benzene rings is 2. The number of H-pyrrole nitrogens is 2. The lowest BCUT2D eigenvalue weighted by atomic mass is 10.2. The largest absolute Gasteiger partial charge is 0.495 e. The Balaban J connectivity index is 1.33. The van der Waals surface area contributed by atoms with Crippen LogP contribution in [0.4, 0.5) is 5.69 Å². The van der Waals surface area contributed by atoms with Gasteiger partial charge in [0.15, 0.2) is 5.65 Å². The Morgan fingerprint density at radius 1 is 1.03 bits per heavy atom. The summed E-state index contributed by atoms with van der Waals surface area (Å²) in [6.45, 7) is 3.88. The smallest absolute Gasteiger partial charge is 0.330 e. The molecule has 38 heavy (non-hydrogen) atoms. The molecule has 0 aliphatic carbocycles. The van der Waals surface area contributed by atoms with E-state index < -0.39 is 21.3 Å². The SMILES string of the molecule is CCCn1c(=O)[nH]c2nc(-c3ccc(S(=O)(=O)N4CCN(c5ccc(Cl)c(OC)c5)CC4)cc3)[nH]c2c1=O. The van der Waals surface area contributed by atoms with E-state index in [0.717, 1.165) is 10.3 Å². The minimum atomic E-state index is -3.71. The topological polar surface area (TPSA) is 133 Å². The van der Waals surface area contributed by atoms with Gasteiger partial charge in [-0.3, -0.25) is 14.3 Å². The number of hydrogen-bond donors (Lipinski definition) is 2. The molecule has 1 saturated heterocycles. The van der Waals surface area contributed by atoms with E-state index in [1.165, 1.54) is 16.4 Å².